The number of benzene rings is 3. The van der Waals surface area contributed by atoms with Crippen molar-refractivity contribution in [1.29, 1.82) is 0 Å². The Kier molecular flexibility index (Phi) is 8.97. The van der Waals surface area contributed by atoms with E-state index in [1.807, 2.05) is 42.5 Å². The largest absolute Gasteiger partial charge is 0.454 e. The average Bonchev–Trinajstić information content (AvgIpc) is 2.95. The van der Waals surface area contributed by atoms with Crippen molar-refractivity contribution in [3.63, 3.8) is 0 Å². The van der Waals surface area contributed by atoms with Gasteiger partial charge in [0.2, 0.25) is 5.91 Å². The number of esters is 1. The van der Waals surface area contributed by atoms with E-state index in [9.17, 15) is 19.2 Å². The molecule has 0 aliphatic carbocycles. The van der Waals surface area contributed by atoms with E-state index in [2.05, 4.69) is 5.32 Å². The number of carbonyl (C=O) groups excluding carboxylic acids is 4. The van der Waals surface area contributed by atoms with Gasteiger partial charge in [-0.2, -0.15) is 0 Å². The molecular formula is C29H28N2O7. The number of hydrogen-bond acceptors (Lipinski definition) is 7. The van der Waals surface area contributed by atoms with Crippen molar-refractivity contribution in [3.8, 4) is 11.1 Å². The van der Waals surface area contributed by atoms with Crippen molar-refractivity contribution in [1.82, 2.24) is 4.90 Å². The molecule has 9 heteroatoms. The highest BCUT2D eigenvalue weighted by atomic mass is 16.5. The summed E-state index contributed by atoms with van der Waals surface area (Å²) in [7, 11) is 0. The van der Waals surface area contributed by atoms with Gasteiger partial charge in [0, 0.05) is 24.3 Å². The van der Waals surface area contributed by atoms with Crippen LogP contribution in [-0.2, 0) is 19.1 Å². The van der Waals surface area contributed by atoms with Crippen LogP contribution in [0.3, 0.4) is 0 Å². The van der Waals surface area contributed by atoms with E-state index in [0.717, 1.165) is 11.1 Å². The minimum atomic E-state index is -0.906. The van der Waals surface area contributed by atoms with E-state index in [4.69, 9.17) is 14.6 Å². The molecule has 196 valence electrons. The topological polar surface area (TPSA) is 122 Å². The van der Waals surface area contributed by atoms with E-state index in [0.29, 0.717) is 24.4 Å². The second-order valence-corrected chi connectivity index (χ2v) is 8.68. The van der Waals surface area contributed by atoms with E-state index in [-0.39, 0.29) is 36.8 Å². The molecular weight excluding hydrogens is 488 g/mol. The molecule has 1 aliphatic heterocycles. The molecule has 38 heavy (non-hydrogen) atoms. The van der Waals surface area contributed by atoms with E-state index in [1.54, 1.807) is 12.1 Å². The van der Waals surface area contributed by atoms with E-state index < -0.39 is 24.6 Å². The van der Waals surface area contributed by atoms with Crippen molar-refractivity contribution >= 4 is 29.3 Å². The molecule has 0 spiro atoms. The van der Waals surface area contributed by atoms with Crippen LogP contribution in [0.15, 0.2) is 78.9 Å². The standard InChI is InChI=1S/C29H28N2O7/c32-16-14-31-15-17-37-26(28(31)35)18-27(34)30-24-12-10-23(11-13-24)29(36)38-19-25(33)22-8-6-21(7-9-22)20-4-2-1-3-5-20/h1-13,26,32H,14-19H2,(H,30,34). The Morgan fingerprint density at radius 2 is 1.58 bits per heavy atom. The lowest BCUT2D eigenvalue weighted by molar-refractivity contribution is -0.155. The number of anilines is 1. The Balaban J connectivity index is 1.25. The number of aliphatic hydroxyl groups excluding tert-OH is 1. The van der Waals surface area contributed by atoms with Crippen LogP contribution in [-0.4, -0.2) is 72.6 Å². The van der Waals surface area contributed by atoms with Gasteiger partial charge in [-0.15, -0.1) is 0 Å². The molecule has 0 bridgehead atoms. The third-order valence-corrected chi connectivity index (χ3v) is 6.06. The number of morpholine rings is 1. The predicted octanol–water partition coefficient (Wildman–Crippen LogP) is 2.94. The first-order chi connectivity index (χ1) is 18.4. The Morgan fingerprint density at radius 3 is 2.26 bits per heavy atom. The smallest absolute Gasteiger partial charge is 0.338 e. The number of aliphatic hydroxyl groups is 1. The lowest BCUT2D eigenvalue weighted by Gasteiger charge is -2.31. The number of ether oxygens (including phenoxy) is 2. The molecule has 4 rings (SSSR count). The molecule has 0 aromatic heterocycles. The van der Waals surface area contributed by atoms with Crippen molar-refractivity contribution < 1.29 is 33.8 Å². The summed E-state index contributed by atoms with van der Waals surface area (Å²) in [5.74, 6) is -1.74. The Hall–Kier alpha value is -4.34. The van der Waals surface area contributed by atoms with Crippen LogP contribution in [0.4, 0.5) is 5.69 Å². The molecule has 9 nitrogen and oxygen atoms in total. The molecule has 0 saturated carbocycles. The summed E-state index contributed by atoms with van der Waals surface area (Å²) in [5, 5.41) is 11.7. The van der Waals surface area contributed by atoms with Crippen LogP contribution in [0.1, 0.15) is 27.1 Å². The molecule has 2 amide bonds. The van der Waals surface area contributed by atoms with Gasteiger partial charge in [0.1, 0.15) is 6.10 Å². The van der Waals surface area contributed by atoms with Gasteiger partial charge < -0.3 is 24.8 Å². The third kappa shape index (κ3) is 6.90. The van der Waals surface area contributed by atoms with Crippen LogP contribution < -0.4 is 5.32 Å². The number of nitrogens with one attached hydrogen (secondary N) is 1. The molecule has 1 aliphatic rings. The number of carbonyl (C=O) groups is 4. The van der Waals surface area contributed by atoms with Gasteiger partial charge in [-0.3, -0.25) is 14.4 Å². The highest BCUT2D eigenvalue weighted by molar-refractivity contribution is 6.00. The van der Waals surface area contributed by atoms with E-state index >= 15 is 0 Å². The number of rotatable bonds is 10. The molecule has 2 N–H and O–H groups in total. The van der Waals surface area contributed by atoms with Gasteiger partial charge in [-0.1, -0.05) is 54.6 Å². The first kappa shape index (κ1) is 26.7. The van der Waals surface area contributed by atoms with Crippen LogP contribution >= 0.6 is 0 Å². The summed E-state index contributed by atoms with van der Waals surface area (Å²) in [6, 6.07) is 22.9. The quantitative estimate of drug-likeness (QED) is 0.314. The van der Waals surface area contributed by atoms with Crippen molar-refractivity contribution in [2.45, 2.75) is 12.5 Å². The first-order valence-electron chi connectivity index (χ1n) is 12.2. The first-order valence-corrected chi connectivity index (χ1v) is 12.2. The number of hydrogen-bond donors (Lipinski definition) is 2. The van der Waals surface area contributed by atoms with Crippen LogP contribution in [0, 0.1) is 0 Å². The van der Waals surface area contributed by atoms with Crippen molar-refractivity contribution in [3.05, 3.63) is 90.0 Å². The molecule has 1 atom stereocenters. The van der Waals surface area contributed by atoms with Gasteiger partial charge >= 0.3 is 5.97 Å². The number of ketones is 1. The summed E-state index contributed by atoms with van der Waals surface area (Å²) in [4.78, 5) is 51.0. The number of nitrogens with zero attached hydrogens (tertiary/aromatic N) is 1. The number of Topliss-reactive ketones (excluding diaryl/α,β-unsaturated/α-hetero) is 1. The van der Waals surface area contributed by atoms with Crippen LogP contribution in [0.25, 0.3) is 11.1 Å². The second-order valence-electron chi connectivity index (χ2n) is 8.68. The van der Waals surface area contributed by atoms with Gasteiger partial charge in [-0.25, -0.2) is 4.79 Å². The van der Waals surface area contributed by atoms with Gasteiger partial charge in [-0.05, 0) is 35.4 Å². The van der Waals surface area contributed by atoms with Crippen LogP contribution in [0.2, 0.25) is 0 Å². The second kappa shape index (κ2) is 12.8. The van der Waals surface area contributed by atoms with E-state index in [1.165, 1.54) is 29.2 Å². The number of amides is 2. The summed E-state index contributed by atoms with van der Waals surface area (Å²) < 4.78 is 10.6. The SMILES string of the molecule is O=C(CC1OCCN(CCO)C1=O)Nc1ccc(C(=O)OCC(=O)c2ccc(-c3ccccc3)cc2)cc1. The fourth-order valence-corrected chi connectivity index (χ4v) is 4.03. The molecule has 1 heterocycles. The zero-order valence-corrected chi connectivity index (χ0v) is 20.7. The third-order valence-electron chi connectivity index (χ3n) is 6.06. The lowest BCUT2D eigenvalue weighted by Crippen LogP contribution is -2.49. The molecule has 1 unspecified atom stereocenters. The minimum absolute atomic E-state index is 0.157. The zero-order valence-electron chi connectivity index (χ0n) is 20.7. The molecule has 3 aromatic rings. The van der Waals surface area contributed by atoms with Gasteiger partial charge in [0.25, 0.3) is 5.91 Å². The van der Waals surface area contributed by atoms with Crippen LogP contribution in [0.5, 0.6) is 0 Å². The maximum Gasteiger partial charge on any atom is 0.338 e. The molecule has 1 saturated heterocycles. The maximum absolute atomic E-state index is 12.5. The lowest BCUT2D eigenvalue weighted by atomic mass is 10.0. The Bertz CT molecular complexity index is 1270. The minimum Gasteiger partial charge on any atom is -0.454 e. The average molecular weight is 517 g/mol. The van der Waals surface area contributed by atoms with Gasteiger partial charge in [0.15, 0.2) is 12.4 Å². The normalized spacial score (nSPS) is 15.1. The van der Waals surface area contributed by atoms with Gasteiger partial charge in [0.05, 0.1) is 25.2 Å². The zero-order chi connectivity index (χ0) is 26.9. The van der Waals surface area contributed by atoms with Crippen molar-refractivity contribution in [2.24, 2.45) is 0 Å². The highest BCUT2D eigenvalue weighted by Gasteiger charge is 2.31. The summed E-state index contributed by atoms with van der Waals surface area (Å²) >= 11 is 0. The predicted molar refractivity (Wildman–Crippen MR) is 140 cm³/mol. The fourth-order valence-electron chi connectivity index (χ4n) is 4.03. The summed E-state index contributed by atoms with van der Waals surface area (Å²) in [6.07, 6.45) is -1.07. The summed E-state index contributed by atoms with van der Waals surface area (Å²) in [6.45, 7) is 0.313. The molecule has 0 radical (unpaired) electrons. The van der Waals surface area contributed by atoms with Crippen molar-refractivity contribution in [2.75, 3.05) is 38.2 Å². The monoisotopic (exact) mass is 516 g/mol. The molecule has 1 fully saturated rings. The Morgan fingerprint density at radius 1 is 0.921 bits per heavy atom. The number of β-amino-alcohol motifs (C(OH)–C–C–N with tert-alkyl or cyclic N) is 1. The Labute approximate surface area is 220 Å². The highest BCUT2D eigenvalue weighted by Crippen LogP contribution is 2.20. The fraction of sp³-hybridized carbons (Fsp3) is 0.241. The molecule has 3 aromatic carbocycles. The maximum atomic E-state index is 12.5. The summed E-state index contributed by atoms with van der Waals surface area (Å²) in [5.41, 5.74) is 3.11.